The number of aromatic hydroxyl groups is 1. The first kappa shape index (κ1) is 59.4. The fraction of sp³-hybridized carbons (Fsp3) is 0.489. The van der Waals surface area contributed by atoms with Gasteiger partial charge in [0, 0.05) is 6.42 Å². The summed E-state index contributed by atoms with van der Waals surface area (Å²) in [5.74, 6) is -13.2. The Hall–Kier alpha value is -7.71. The van der Waals surface area contributed by atoms with Crippen molar-refractivity contribution in [1.82, 2.24) is 42.5 Å². The van der Waals surface area contributed by atoms with Crippen LogP contribution in [0.4, 0.5) is 0 Å². The average molecular weight is 1000 g/mol. The van der Waals surface area contributed by atoms with Crippen molar-refractivity contribution in [2.24, 2.45) is 17.4 Å². The Morgan fingerprint density at radius 2 is 0.986 bits per heavy atom. The van der Waals surface area contributed by atoms with Gasteiger partial charge in [-0.3, -0.25) is 47.9 Å². The lowest BCUT2D eigenvalue weighted by Gasteiger charge is -2.29. The van der Waals surface area contributed by atoms with Gasteiger partial charge in [0.05, 0.1) is 31.6 Å². The molecule has 9 amide bonds. The maximum absolute atomic E-state index is 14.1. The minimum absolute atomic E-state index is 0.000946. The predicted molar refractivity (Wildman–Crippen MR) is 249 cm³/mol. The number of carboxylic acids is 2. The number of hydrogen-bond acceptors (Lipinski definition) is 15. The lowest BCUT2D eigenvalue weighted by atomic mass is 9.96. The van der Waals surface area contributed by atoms with E-state index in [0.717, 1.165) is 6.92 Å². The molecule has 0 saturated heterocycles. The number of carbonyl (C=O) groups excluding carboxylic acids is 9. The van der Waals surface area contributed by atoms with E-state index in [-0.39, 0.29) is 25.0 Å². The number of phenolic OH excluding ortho intramolecular Hbond substituents is 1. The number of nitrogens with two attached hydrogens (primary N) is 2. The summed E-state index contributed by atoms with van der Waals surface area (Å²) < 4.78 is 0. The van der Waals surface area contributed by atoms with E-state index in [1.54, 1.807) is 56.3 Å². The molecule has 2 aromatic carbocycles. The Morgan fingerprint density at radius 3 is 1.51 bits per heavy atom. The van der Waals surface area contributed by atoms with Crippen LogP contribution in [-0.4, -0.2) is 158 Å². The molecule has 0 aliphatic heterocycles. The van der Waals surface area contributed by atoms with Crippen LogP contribution in [0, 0.1) is 5.92 Å². The fourth-order valence-electron chi connectivity index (χ4n) is 6.51. The SMILES string of the molecule is CC[C@H](C)[C@H](NC(=O)[C@H](C)NC(=O)[C@H](CC(=O)O)NC(=O)[C@H](C)NC(=O)[C@@H](N)Cc1ccc(O)cc1)C(=O)N[C@@H](Cc1ccccc1)C(=O)N[C@H](C(=O)N[C@@H](CC(N)=O)C(=O)N[C@@H](CO)C(=O)O)[C@@H](C)O. The molecule has 17 N–H and O–H groups in total. The molecule has 390 valence electrons. The summed E-state index contributed by atoms with van der Waals surface area (Å²) in [6.45, 7) is 5.78. The second kappa shape index (κ2) is 28.7. The molecule has 2 aromatic rings. The topological polar surface area (TPSA) is 437 Å². The van der Waals surface area contributed by atoms with E-state index in [1.165, 1.54) is 26.0 Å². The van der Waals surface area contributed by atoms with Gasteiger partial charge >= 0.3 is 11.9 Å². The summed E-state index contributed by atoms with van der Waals surface area (Å²) in [7, 11) is 0. The van der Waals surface area contributed by atoms with Crippen molar-refractivity contribution < 1.29 is 78.3 Å². The lowest BCUT2D eigenvalue weighted by Crippen LogP contribution is -2.62. The predicted octanol–water partition coefficient (Wildman–Crippen LogP) is -4.72. The number of carbonyl (C=O) groups is 11. The molecule has 26 nitrogen and oxygen atoms in total. The van der Waals surface area contributed by atoms with Crippen LogP contribution in [0.1, 0.15) is 65.0 Å². The first-order chi connectivity index (χ1) is 33.3. The largest absolute Gasteiger partial charge is 0.508 e. The quantitative estimate of drug-likeness (QED) is 0.0364. The van der Waals surface area contributed by atoms with Gasteiger partial charge in [-0.15, -0.1) is 0 Å². The third-order valence-corrected chi connectivity index (χ3v) is 10.9. The summed E-state index contributed by atoms with van der Waals surface area (Å²) in [4.78, 5) is 142. The highest BCUT2D eigenvalue weighted by molar-refractivity contribution is 5.99. The number of nitrogens with one attached hydrogen (secondary N) is 8. The molecule has 0 unspecified atom stereocenters. The van der Waals surface area contributed by atoms with Gasteiger partial charge in [-0.1, -0.05) is 62.7 Å². The monoisotopic (exact) mass is 1000 g/mol. The minimum atomic E-state index is -1.87. The van der Waals surface area contributed by atoms with E-state index in [9.17, 15) is 78.3 Å². The van der Waals surface area contributed by atoms with Gasteiger partial charge in [0.15, 0.2) is 0 Å². The normalized spacial score (nSPS) is 15.6. The Kier molecular flexibility index (Phi) is 24.0. The van der Waals surface area contributed by atoms with Crippen LogP contribution in [0.2, 0.25) is 0 Å². The Balaban J connectivity index is 2.27. The minimum Gasteiger partial charge on any atom is -0.508 e. The molecule has 0 aliphatic rings. The smallest absolute Gasteiger partial charge is 0.328 e. The van der Waals surface area contributed by atoms with Gasteiger partial charge in [-0.25, -0.2) is 4.79 Å². The van der Waals surface area contributed by atoms with Gasteiger partial charge in [-0.2, -0.15) is 0 Å². The zero-order valence-electron chi connectivity index (χ0n) is 39.7. The number of rotatable bonds is 29. The number of aliphatic hydroxyl groups excluding tert-OH is 2. The van der Waals surface area contributed by atoms with Crippen molar-refractivity contribution in [2.45, 2.75) is 127 Å². The summed E-state index contributed by atoms with van der Waals surface area (Å²) in [5, 5.41) is 66.5. The van der Waals surface area contributed by atoms with Crippen LogP contribution in [0.15, 0.2) is 54.6 Å². The molecular formula is C45H64N10O16. The van der Waals surface area contributed by atoms with Crippen LogP contribution in [0.25, 0.3) is 0 Å². The number of carboxylic acid groups (broad SMARTS) is 2. The maximum atomic E-state index is 14.1. The van der Waals surface area contributed by atoms with Crippen molar-refractivity contribution in [2.75, 3.05) is 6.61 Å². The van der Waals surface area contributed by atoms with E-state index in [2.05, 4.69) is 37.2 Å². The number of phenols is 1. The van der Waals surface area contributed by atoms with Crippen molar-refractivity contribution in [3.8, 4) is 5.75 Å². The van der Waals surface area contributed by atoms with Crippen LogP contribution >= 0.6 is 0 Å². The van der Waals surface area contributed by atoms with Crippen molar-refractivity contribution in [3.05, 3.63) is 65.7 Å². The molecule has 26 heteroatoms. The highest BCUT2D eigenvalue weighted by atomic mass is 16.4. The van der Waals surface area contributed by atoms with E-state index >= 15 is 0 Å². The Morgan fingerprint density at radius 1 is 0.535 bits per heavy atom. The molecule has 11 atom stereocenters. The lowest BCUT2D eigenvalue weighted by molar-refractivity contribution is -0.143. The summed E-state index contributed by atoms with van der Waals surface area (Å²) in [6, 6.07) is -0.102. The van der Waals surface area contributed by atoms with Crippen molar-refractivity contribution in [1.29, 1.82) is 0 Å². The third-order valence-electron chi connectivity index (χ3n) is 10.9. The van der Waals surface area contributed by atoms with E-state index in [1.807, 2.05) is 5.32 Å². The Bertz CT molecular complexity index is 2210. The van der Waals surface area contributed by atoms with Gasteiger partial charge in [-0.05, 0) is 56.4 Å². The van der Waals surface area contributed by atoms with Gasteiger partial charge in [0.2, 0.25) is 53.2 Å². The molecule has 71 heavy (non-hydrogen) atoms. The summed E-state index contributed by atoms with van der Waals surface area (Å²) in [5.41, 5.74) is 12.3. The molecule has 0 heterocycles. The number of aliphatic hydroxyl groups is 2. The van der Waals surface area contributed by atoms with E-state index < -0.39 is 151 Å². The number of benzene rings is 2. The molecular weight excluding hydrogens is 937 g/mol. The van der Waals surface area contributed by atoms with Crippen molar-refractivity contribution >= 4 is 65.1 Å². The molecule has 0 fully saturated rings. The number of amides is 9. The summed E-state index contributed by atoms with van der Waals surface area (Å²) in [6.07, 6.45) is -3.43. The van der Waals surface area contributed by atoms with Gasteiger partial charge < -0.3 is 79.5 Å². The maximum Gasteiger partial charge on any atom is 0.328 e. The molecule has 0 aliphatic carbocycles. The van der Waals surface area contributed by atoms with Crippen LogP contribution in [-0.2, 0) is 65.6 Å². The van der Waals surface area contributed by atoms with E-state index in [4.69, 9.17) is 11.5 Å². The van der Waals surface area contributed by atoms with Crippen LogP contribution < -0.4 is 54.0 Å². The number of hydrogen-bond donors (Lipinski definition) is 15. The third kappa shape index (κ3) is 20.0. The summed E-state index contributed by atoms with van der Waals surface area (Å²) >= 11 is 0. The Labute approximate surface area is 407 Å². The standard InChI is InChI=1S/C45H64N10O16/c1-6-21(2)35(54-38(63)23(4)49-40(65)31(19-34(60)61)50-37(62)22(3)48-39(64)28(46)16-26-12-14-27(58)15-13-26)43(68)51-29(17-25-10-8-7-9-11-25)42(67)55-36(24(5)57)44(69)52-30(18-33(47)59)41(66)53-32(20-56)45(70)71/h7-15,21-24,28-32,35-36,56-58H,6,16-20,46H2,1-5H3,(H2,47,59)(H,48,64)(H,49,65)(H,50,62)(H,51,68)(H,52,69)(H,53,66)(H,54,63)(H,55,67)(H,60,61)(H,70,71)/t21-,22-,23-,24+,28-,29-,30-,31-,32-,35-,36-/m0/s1. The zero-order valence-corrected chi connectivity index (χ0v) is 39.7. The van der Waals surface area contributed by atoms with Gasteiger partial charge in [0.25, 0.3) is 0 Å². The molecule has 2 rings (SSSR count). The highest BCUT2D eigenvalue weighted by Gasteiger charge is 2.37. The molecule has 0 saturated carbocycles. The molecule has 0 bridgehead atoms. The number of aliphatic carboxylic acids is 2. The van der Waals surface area contributed by atoms with E-state index in [0.29, 0.717) is 11.1 Å². The second-order valence-electron chi connectivity index (χ2n) is 16.8. The first-order valence-corrected chi connectivity index (χ1v) is 22.3. The van der Waals surface area contributed by atoms with Crippen LogP contribution in [0.3, 0.4) is 0 Å². The molecule has 0 aromatic heterocycles. The molecule has 0 spiro atoms. The first-order valence-electron chi connectivity index (χ1n) is 22.3. The second-order valence-corrected chi connectivity index (χ2v) is 16.8. The van der Waals surface area contributed by atoms with Gasteiger partial charge in [0.1, 0.15) is 54.1 Å². The highest BCUT2D eigenvalue weighted by Crippen LogP contribution is 2.13. The molecule has 0 radical (unpaired) electrons. The average Bonchev–Trinajstić information content (AvgIpc) is 3.30. The zero-order chi connectivity index (χ0) is 53.7. The van der Waals surface area contributed by atoms with Crippen LogP contribution in [0.5, 0.6) is 5.75 Å². The fourth-order valence-corrected chi connectivity index (χ4v) is 6.51. The van der Waals surface area contributed by atoms with Crippen molar-refractivity contribution in [3.63, 3.8) is 0 Å². The number of primary amides is 1.